The maximum Gasteiger partial charge on any atom is 0.255 e. The van der Waals surface area contributed by atoms with Gasteiger partial charge in [-0.05, 0) is 54.7 Å². The zero-order valence-corrected chi connectivity index (χ0v) is 15.3. The molecule has 134 valence electrons. The first-order chi connectivity index (χ1) is 12.6. The number of hydrogen-bond acceptors (Lipinski definition) is 3. The summed E-state index contributed by atoms with van der Waals surface area (Å²) in [7, 11) is 0. The van der Waals surface area contributed by atoms with E-state index in [9.17, 15) is 4.79 Å². The Morgan fingerprint density at radius 1 is 1.12 bits per heavy atom. The normalized spacial score (nSPS) is 15.0. The van der Waals surface area contributed by atoms with E-state index in [0.717, 1.165) is 29.6 Å². The number of anilines is 1. The van der Waals surface area contributed by atoms with Crippen molar-refractivity contribution < 1.29 is 4.79 Å². The Morgan fingerprint density at radius 3 is 2.54 bits per heavy atom. The van der Waals surface area contributed by atoms with Gasteiger partial charge in [-0.1, -0.05) is 44.0 Å². The van der Waals surface area contributed by atoms with Crippen LogP contribution in [0.25, 0.3) is 11.0 Å². The molecule has 4 rings (SSSR count). The number of benzene rings is 2. The molecule has 0 unspecified atom stereocenters. The third-order valence-corrected chi connectivity index (χ3v) is 5.24. The van der Waals surface area contributed by atoms with Gasteiger partial charge in [0.2, 0.25) is 0 Å². The van der Waals surface area contributed by atoms with E-state index in [2.05, 4.69) is 41.6 Å². The fourth-order valence-electron chi connectivity index (χ4n) is 3.66. The van der Waals surface area contributed by atoms with E-state index in [-0.39, 0.29) is 5.91 Å². The largest absolute Gasteiger partial charge is 0.322 e. The average molecular weight is 348 g/mol. The van der Waals surface area contributed by atoms with Gasteiger partial charge in [0.25, 0.3) is 5.91 Å². The first-order valence-electron chi connectivity index (χ1n) is 9.38. The molecule has 1 saturated carbocycles. The van der Waals surface area contributed by atoms with Crippen LogP contribution in [-0.2, 0) is 0 Å². The van der Waals surface area contributed by atoms with Crippen molar-refractivity contribution in [1.29, 1.82) is 0 Å². The highest BCUT2D eigenvalue weighted by atomic mass is 16.1. The number of carbonyl (C=O) groups is 1. The van der Waals surface area contributed by atoms with Crippen molar-refractivity contribution in [2.45, 2.75) is 51.5 Å². The molecule has 1 amide bonds. The van der Waals surface area contributed by atoms with E-state index in [1.807, 2.05) is 35.0 Å². The maximum atomic E-state index is 12.6. The van der Waals surface area contributed by atoms with E-state index in [0.29, 0.717) is 17.5 Å². The Kier molecular flexibility index (Phi) is 4.45. The third-order valence-electron chi connectivity index (χ3n) is 5.24. The molecule has 2 aromatic carbocycles. The van der Waals surface area contributed by atoms with Crippen LogP contribution in [0.4, 0.5) is 5.69 Å². The van der Waals surface area contributed by atoms with Crippen molar-refractivity contribution in [2.24, 2.45) is 0 Å². The zero-order valence-electron chi connectivity index (χ0n) is 15.3. The molecule has 1 aliphatic carbocycles. The smallest absolute Gasteiger partial charge is 0.255 e. The molecule has 5 heteroatoms. The van der Waals surface area contributed by atoms with Gasteiger partial charge >= 0.3 is 0 Å². The predicted molar refractivity (Wildman–Crippen MR) is 104 cm³/mol. The molecule has 1 heterocycles. The van der Waals surface area contributed by atoms with Crippen LogP contribution < -0.4 is 5.32 Å². The van der Waals surface area contributed by atoms with Crippen molar-refractivity contribution in [3.05, 3.63) is 53.6 Å². The van der Waals surface area contributed by atoms with Gasteiger partial charge < -0.3 is 5.32 Å². The fraction of sp³-hybridized carbons (Fsp3) is 0.381. The highest BCUT2D eigenvalue weighted by Gasteiger charge is 2.20. The van der Waals surface area contributed by atoms with Gasteiger partial charge in [0.1, 0.15) is 5.52 Å². The van der Waals surface area contributed by atoms with Crippen molar-refractivity contribution in [3.8, 4) is 0 Å². The van der Waals surface area contributed by atoms with Gasteiger partial charge in [-0.2, -0.15) is 0 Å². The van der Waals surface area contributed by atoms with Gasteiger partial charge in [-0.25, -0.2) is 4.68 Å². The van der Waals surface area contributed by atoms with Crippen LogP contribution in [0.15, 0.2) is 42.5 Å². The summed E-state index contributed by atoms with van der Waals surface area (Å²) in [4.78, 5) is 12.6. The minimum Gasteiger partial charge on any atom is -0.322 e. The van der Waals surface area contributed by atoms with Gasteiger partial charge in [0, 0.05) is 11.3 Å². The predicted octanol–water partition coefficient (Wildman–Crippen LogP) is 4.92. The summed E-state index contributed by atoms with van der Waals surface area (Å²) < 4.78 is 2.02. The first-order valence-corrected chi connectivity index (χ1v) is 9.38. The number of carbonyl (C=O) groups excluding carboxylic acids is 1. The molecule has 1 aliphatic rings. The van der Waals surface area contributed by atoms with Crippen LogP contribution in [0, 0.1) is 0 Å². The number of rotatable bonds is 4. The standard InChI is InChI=1S/C21H24N4O/c1-14(2)15-7-10-17(11-8-15)22-21(26)16-9-12-20-19(13-16)23-24-25(20)18-5-3-4-6-18/h7-14,18H,3-6H2,1-2H3,(H,22,26). The Bertz CT molecular complexity index is 921. The Morgan fingerprint density at radius 2 is 1.85 bits per heavy atom. The summed E-state index contributed by atoms with van der Waals surface area (Å²) in [6.07, 6.45) is 4.82. The van der Waals surface area contributed by atoms with Crippen molar-refractivity contribution in [1.82, 2.24) is 15.0 Å². The summed E-state index contributed by atoms with van der Waals surface area (Å²) in [6, 6.07) is 14.1. The monoisotopic (exact) mass is 348 g/mol. The highest BCUT2D eigenvalue weighted by molar-refractivity contribution is 6.05. The van der Waals surface area contributed by atoms with Crippen LogP contribution >= 0.6 is 0 Å². The summed E-state index contributed by atoms with van der Waals surface area (Å²) in [5.41, 5.74) is 4.44. The molecule has 26 heavy (non-hydrogen) atoms. The molecule has 1 N–H and O–H groups in total. The molecule has 0 atom stereocenters. The molecular weight excluding hydrogens is 324 g/mol. The molecule has 0 radical (unpaired) electrons. The molecule has 5 nitrogen and oxygen atoms in total. The molecule has 0 saturated heterocycles. The summed E-state index contributed by atoms with van der Waals surface area (Å²) >= 11 is 0. The van der Waals surface area contributed by atoms with Crippen molar-refractivity contribution >= 4 is 22.6 Å². The molecule has 0 aliphatic heterocycles. The van der Waals surface area contributed by atoms with E-state index in [4.69, 9.17) is 0 Å². The number of hydrogen-bond donors (Lipinski definition) is 1. The molecular formula is C21H24N4O. The Balaban J connectivity index is 1.53. The van der Waals surface area contributed by atoms with Crippen LogP contribution in [0.3, 0.4) is 0 Å². The van der Waals surface area contributed by atoms with Gasteiger partial charge in [0.05, 0.1) is 11.6 Å². The van der Waals surface area contributed by atoms with E-state index in [1.54, 1.807) is 0 Å². The first kappa shape index (κ1) is 16.8. The number of nitrogens with zero attached hydrogens (tertiary/aromatic N) is 3. The van der Waals surface area contributed by atoms with Crippen LogP contribution in [0.5, 0.6) is 0 Å². The van der Waals surface area contributed by atoms with Crippen molar-refractivity contribution in [3.63, 3.8) is 0 Å². The minimum atomic E-state index is -0.125. The van der Waals surface area contributed by atoms with Gasteiger partial charge in [0.15, 0.2) is 0 Å². The third kappa shape index (κ3) is 3.21. The van der Waals surface area contributed by atoms with E-state index < -0.39 is 0 Å². The lowest BCUT2D eigenvalue weighted by atomic mass is 10.0. The number of nitrogens with one attached hydrogen (secondary N) is 1. The summed E-state index contributed by atoms with van der Waals surface area (Å²) in [6.45, 7) is 4.31. The zero-order chi connectivity index (χ0) is 18.1. The highest BCUT2D eigenvalue weighted by Crippen LogP contribution is 2.31. The maximum absolute atomic E-state index is 12.6. The second kappa shape index (κ2) is 6.90. The minimum absolute atomic E-state index is 0.125. The fourth-order valence-corrected chi connectivity index (χ4v) is 3.66. The van der Waals surface area contributed by atoms with Crippen LogP contribution in [-0.4, -0.2) is 20.9 Å². The lowest BCUT2D eigenvalue weighted by molar-refractivity contribution is 0.102. The van der Waals surface area contributed by atoms with Crippen molar-refractivity contribution in [2.75, 3.05) is 5.32 Å². The number of fused-ring (bicyclic) bond motifs is 1. The lowest BCUT2D eigenvalue weighted by Crippen LogP contribution is -2.12. The second-order valence-corrected chi connectivity index (χ2v) is 7.41. The Hall–Kier alpha value is -2.69. The molecule has 0 bridgehead atoms. The van der Waals surface area contributed by atoms with Crippen LogP contribution in [0.2, 0.25) is 0 Å². The Labute approximate surface area is 153 Å². The topological polar surface area (TPSA) is 59.8 Å². The summed E-state index contributed by atoms with van der Waals surface area (Å²) in [5, 5.41) is 11.6. The quantitative estimate of drug-likeness (QED) is 0.728. The summed E-state index contributed by atoms with van der Waals surface area (Å²) in [5.74, 6) is 0.351. The van der Waals surface area contributed by atoms with Gasteiger partial charge in [-0.3, -0.25) is 4.79 Å². The average Bonchev–Trinajstić information content (AvgIpc) is 3.30. The van der Waals surface area contributed by atoms with E-state index in [1.165, 1.54) is 18.4 Å². The lowest BCUT2D eigenvalue weighted by Gasteiger charge is -2.10. The van der Waals surface area contributed by atoms with Crippen LogP contribution in [0.1, 0.15) is 67.4 Å². The van der Waals surface area contributed by atoms with Gasteiger partial charge in [-0.15, -0.1) is 5.10 Å². The number of aromatic nitrogens is 3. The molecule has 1 fully saturated rings. The molecule has 1 aromatic heterocycles. The molecule has 3 aromatic rings. The SMILES string of the molecule is CC(C)c1ccc(NC(=O)c2ccc3c(c2)nnn3C2CCCC2)cc1. The second-order valence-electron chi connectivity index (χ2n) is 7.41. The number of amides is 1. The van der Waals surface area contributed by atoms with E-state index >= 15 is 0 Å². The molecule has 0 spiro atoms.